The molecule has 0 bridgehead atoms. The van der Waals surface area contributed by atoms with Crippen LogP contribution in [0.15, 0.2) is 60.2 Å². The van der Waals surface area contributed by atoms with Gasteiger partial charge >= 0.3 is 0 Å². The van der Waals surface area contributed by atoms with Gasteiger partial charge in [-0.05, 0) is 97.8 Å². The Kier molecular flexibility index (Phi) is 6.57. The van der Waals surface area contributed by atoms with E-state index in [9.17, 15) is 10.2 Å². The van der Waals surface area contributed by atoms with Crippen LogP contribution in [0.5, 0.6) is 5.75 Å². The normalized spacial score (nSPS) is 38.0. The number of benzene rings is 1. The monoisotopic (exact) mass is 502 g/mol. The molecule has 3 saturated carbocycles. The molecule has 0 saturated heterocycles. The van der Waals surface area contributed by atoms with Gasteiger partial charge in [-0.1, -0.05) is 43.7 Å². The quantitative estimate of drug-likeness (QED) is 0.374. The standard InChI is InChI=1S/C32H42N2O3/c1-31-11-9-25(35)20-24(31)7-8-27-28(31)10-12-32(2)29(27)19-23(30(32)36)17-22-5-3-6-26(18-22)37-16-4-14-34-15-13-33-21-34/h3,5-7,13,15,17-18,21,25,27-30,35-36H,4,8-12,14,16,19-20H2,1-2H3/b23-17+/t25?,27?,28?,29?,30?,31?,32-/m0/s1. The molecule has 6 unspecified atom stereocenters. The Bertz CT molecular complexity index is 1170. The first-order valence-electron chi connectivity index (χ1n) is 14.3. The molecule has 2 aromatic rings. The molecule has 2 N–H and O–H groups in total. The molecule has 3 fully saturated rings. The molecule has 4 aliphatic rings. The number of imidazole rings is 1. The molecule has 6 rings (SSSR count). The van der Waals surface area contributed by atoms with Gasteiger partial charge in [0.2, 0.25) is 0 Å². The lowest BCUT2D eigenvalue weighted by molar-refractivity contribution is -0.0685. The summed E-state index contributed by atoms with van der Waals surface area (Å²) in [5.41, 5.74) is 3.98. The number of aryl methyl sites for hydroxylation is 1. The summed E-state index contributed by atoms with van der Waals surface area (Å²) in [6, 6.07) is 8.29. The summed E-state index contributed by atoms with van der Waals surface area (Å²) in [4.78, 5) is 4.09. The van der Waals surface area contributed by atoms with Crippen molar-refractivity contribution in [1.82, 2.24) is 9.55 Å². The maximum absolute atomic E-state index is 11.6. The Morgan fingerprint density at radius 2 is 2.03 bits per heavy atom. The number of allylic oxidation sites excluding steroid dienone is 1. The van der Waals surface area contributed by atoms with Crippen LogP contribution >= 0.6 is 0 Å². The van der Waals surface area contributed by atoms with Crippen LogP contribution in [0.3, 0.4) is 0 Å². The number of hydrogen-bond acceptors (Lipinski definition) is 4. The molecule has 0 aliphatic heterocycles. The molecule has 5 heteroatoms. The molecule has 5 nitrogen and oxygen atoms in total. The van der Waals surface area contributed by atoms with Crippen molar-refractivity contribution in [2.45, 2.75) is 84.0 Å². The molecule has 0 spiro atoms. The van der Waals surface area contributed by atoms with E-state index in [1.165, 1.54) is 17.6 Å². The van der Waals surface area contributed by atoms with Crippen molar-refractivity contribution in [2.24, 2.45) is 28.6 Å². The Labute approximate surface area is 221 Å². The van der Waals surface area contributed by atoms with E-state index in [1.807, 2.05) is 18.6 Å². The lowest BCUT2D eigenvalue weighted by Crippen LogP contribution is -2.51. The summed E-state index contributed by atoms with van der Waals surface area (Å²) in [5, 5.41) is 21.9. The van der Waals surface area contributed by atoms with Crippen molar-refractivity contribution in [3.8, 4) is 5.75 Å². The summed E-state index contributed by atoms with van der Waals surface area (Å²) < 4.78 is 8.11. The van der Waals surface area contributed by atoms with Crippen molar-refractivity contribution in [1.29, 1.82) is 0 Å². The van der Waals surface area contributed by atoms with E-state index in [-0.39, 0.29) is 23.0 Å². The zero-order valence-electron chi connectivity index (χ0n) is 22.4. The summed E-state index contributed by atoms with van der Waals surface area (Å²) in [6.45, 7) is 6.36. The molecule has 1 aromatic carbocycles. The largest absolute Gasteiger partial charge is 0.494 e. The Hall–Kier alpha value is -2.37. The van der Waals surface area contributed by atoms with Gasteiger partial charge in [-0.25, -0.2) is 4.98 Å². The van der Waals surface area contributed by atoms with Crippen LogP contribution in [0.25, 0.3) is 6.08 Å². The highest BCUT2D eigenvalue weighted by Gasteiger charge is 2.59. The van der Waals surface area contributed by atoms with Crippen LogP contribution in [0.2, 0.25) is 0 Å². The molecule has 37 heavy (non-hydrogen) atoms. The smallest absolute Gasteiger partial charge is 0.119 e. The number of aliphatic hydroxyl groups excluding tert-OH is 2. The Morgan fingerprint density at radius 3 is 2.86 bits per heavy atom. The van der Waals surface area contributed by atoms with Gasteiger partial charge in [0.15, 0.2) is 0 Å². The lowest BCUT2D eigenvalue weighted by Gasteiger charge is -2.57. The molecule has 1 heterocycles. The molecule has 7 atom stereocenters. The van der Waals surface area contributed by atoms with Crippen molar-refractivity contribution >= 4 is 6.08 Å². The third-order valence-corrected chi connectivity index (χ3v) is 10.5. The Morgan fingerprint density at radius 1 is 1.14 bits per heavy atom. The zero-order valence-corrected chi connectivity index (χ0v) is 22.4. The van der Waals surface area contributed by atoms with Gasteiger partial charge in [0.05, 0.1) is 25.1 Å². The molecular weight excluding hydrogens is 460 g/mol. The SMILES string of the molecule is CC12CCC(O)CC1=CCC1C2CC[C@]2(C)C(O)/C(=C/c3cccc(OCCCn4ccnc4)c3)CC12. The first-order valence-corrected chi connectivity index (χ1v) is 14.3. The van der Waals surface area contributed by atoms with Gasteiger partial charge in [-0.2, -0.15) is 0 Å². The van der Waals surface area contributed by atoms with Crippen LogP contribution in [0.1, 0.15) is 70.8 Å². The second-order valence-electron chi connectivity index (χ2n) is 12.6. The summed E-state index contributed by atoms with van der Waals surface area (Å²) >= 11 is 0. The van der Waals surface area contributed by atoms with Crippen molar-refractivity contribution < 1.29 is 14.9 Å². The first-order chi connectivity index (χ1) is 17.9. The highest BCUT2D eigenvalue weighted by atomic mass is 16.5. The summed E-state index contributed by atoms with van der Waals surface area (Å²) in [7, 11) is 0. The fraction of sp³-hybridized carbons (Fsp3) is 0.594. The van der Waals surface area contributed by atoms with E-state index in [0.29, 0.717) is 24.4 Å². The maximum Gasteiger partial charge on any atom is 0.119 e. The first kappa shape index (κ1) is 24.9. The van der Waals surface area contributed by atoms with Gasteiger partial charge in [-0.15, -0.1) is 0 Å². The number of fused-ring (bicyclic) bond motifs is 5. The molecule has 1 aromatic heterocycles. The van der Waals surface area contributed by atoms with E-state index < -0.39 is 0 Å². The average Bonchev–Trinajstić information content (AvgIpc) is 3.49. The Balaban J connectivity index is 1.16. The van der Waals surface area contributed by atoms with Crippen LogP contribution < -0.4 is 4.74 Å². The topological polar surface area (TPSA) is 67.5 Å². The molecule has 198 valence electrons. The third-order valence-electron chi connectivity index (χ3n) is 10.5. The minimum atomic E-state index is -0.385. The zero-order chi connectivity index (χ0) is 25.6. The second kappa shape index (κ2) is 9.74. The van der Waals surface area contributed by atoms with Gasteiger partial charge in [0, 0.05) is 24.4 Å². The molecule has 0 amide bonds. The minimum absolute atomic E-state index is 0.0513. The highest BCUT2D eigenvalue weighted by Crippen LogP contribution is 2.65. The van der Waals surface area contributed by atoms with E-state index in [1.54, 1.807) is 6.20 Å². The number of nitrogens with zero attached hydrogens (tertiary/aromatic N) is 2. The number of aliphatic hydroxyl groups is 2. The molecule has 4 aliphatic carbocycles. The van der Waals surface area contributed by atoms with Crippen molar-refractivity contribution in [3.05, 3.63) is 65.8 Å². The van der Waals surface area contributed by atoms with Crippen LogP contribution in [0, 0.1) is 28.6 Å². The number of hydrogen-bond donors (Lipinski definition) is 2. The number of ether oxygens (including phenoxy) is 1. The van der Waals surface area contributed by atoms with Crippen LogP contribution in [-0.4, -0.2) is 38.6 Å². The van der Waals surface area contributed by atoms with Crippen LogP contribution in [0.4, 0.5) is 0 Å². The van der Waals surface area contributed by atoms with E-state index in [0.717, 1.165) is 62.8 Å². The van der Waals surface area contributed by atoms with Gasteiger partial charge < -0.3 is 19.5 Å². The average molecular weight is 503 g/mol. The van der Waals surface area contributed by atoms with E-state index in [2.05, 4.69) is 53.7 Å². The van der Waals surface area contributed by atoms with Crippen LogP contribution in [-0.2, 0) is 6.54 Å². The summed E-state index contributed by atoms with van der Waals surface area (Å²) in [5.74, 6) is 2.68. The maximum atomic E-state index is 11.6. The van der Waals surface area contributed by atoms with Gasteiger partial charge in [-0.3, -0.25) is 0 Å². The number of aromatic nitrogens is 2. The second-order valence-corrected chi connectivity index (χ2v) is 12.6. The van der Waals surface area contributed by atoms with E-state index >= 15 is 0 Å². The molecular formula is C32H42N2O3. The summed E-state index contributed by atoms with van der Waals surface area (Å²) in [6.07, 6.45) is 17.9. The fourth-order valence-electron chi connectivity index (χ4n) is 8.40. The van der Waals surface area contributed by atoms with Gasteiger partial charge in [0.1, 0.15) is 5.75 Å². The predicted octanol–water partition coefficient (Wildman–Crippen LogP) is 6.03. The third kappa shape index (κ3) is 4.48. The highest BCUT2D eigenvalue weighted by molar-refractivity contribution is 5.57. The van der Waals surface area contributed by atoms with Crippen molar-refractivity contribution in [3.63, 3.8) is 0 Å². The number of rotatable bonds is 6. The fourth-order valence-corrected chi connectivity index (χ4v) is 8.40. The lowest BCUT2D eigenvalue weighted by atomic mass is 9.48. The van der Waals surface area contributed by atoms with Crippen molar-refractivity contribution in [2.75, 3.05) is 6.61 Å². The minimum Gasteiger partial charge on any atom is -0.494 e. The molecule has 0 radical (unpaired) electrons. The van der Waals surface area contributed by atoms with Gasteiger partial charge in [0.25, 0.3) is 0 Å². The predicted molar refractivity (Wildman–Crippen MR) is 146 cm³/mol. The van der Waals surface area contributed by atoms with E-state index in [4.69, 9.17) is 4.74 Å².